The minimum absolute atomic E-state index is 0.137. The summed E-state index contributed by atoms with van der Waals surface area (Å²) in [5, 5.41) is 9.01. The van der Waals surface area contributed by atoms with Gasteiger partial charge in [-0.1, -0.05) is 19.8 Å². The standard InChI is InChI=1S/C14H19F2NO3S/c1-2-17(10-5-3-4-6-10)21(19,20)13-8-7-12(15)11(9-18)14(13)16/h7-8,10,18H,2-6,9H2,1H3. The smallest absolute Gasteiger partial charge is 0.246 e. The summed E-state index contributed by atoms with van der Waals surface area (Å²) in [5.74, 6) is -2.15. The third-order valence-electron chi connectivity index (χ3n) is 3.94. The van der Waals surface area contributed by atoms with Gasteiger partial charge in [0.1, 0.15) is 10.7 Å². The van der Waals surface area contributed by atoms with Crippen molar-refractivity contribution in [2.45, 2.75) is 50.2 Å². The quantitative estimate of drug-likeness (QED) is 0.907. The summed E-state index contributed by atoms with van der Waals surface area (Å²) in [5.41, 5.74) is -0.612. The minimum Gasteiger partial charge on any atom is -0.391 e. The number of hydrogen-bond donors (Lipinski definition) is 1. The van der Waals surface area contributed by atoms with Crippen molar-refractivity contribution in [3.05, 3.63) is 29.3 Å². The zero-order valence-corrected chi connectivity index (χ0v) is 12.7. The van der Waals surface area contributed by atoms with Gasteiger partial charge in [0.2, 0.25) is 10.0 Å². The molecule has 0 heterocycles. The fraction of sp³-hybridized carbons (Fsp3) is 0.571. The van der Waals surface area contributed by atoms with E-state index in [4.69, 9.17) is 5.11 Å². The first kappa shape index (κ1) is 16.3. The van der Waals surface area contributed by atoms with Crippen LogP contribution < -0.4 is 0 Å². The summed E-state index contributed by atoms with van der Waals surface area (Å²) in [6.07, 6.45) is 3.40. The van der Waals surface area contributed by atoms with Crippen LogP contribution in [0.4, 0.5) is 8.78 Å². The van der Waals surface area contributed by atoms with E-state index < -0.39 is 38.7 Å². The van der Waals surface area contributed by atoms with E-state index in [9.17, 15) is 17.2 Å². The molecule has 0 radical (unpaired) electrons. The van der Waals surface area contributed by atoms with Gasteiger partial charge in [-0.25, -0.2) is 17.2 Å². The van der Waals surface area contributed by atoms with Crippen LogP contribution in [-0.2, 0) is 16.6 Å². The topological polar surface area (TPSA) is 57.6 Å². The van der Waals surface area contributed by atoms with E-state index in [0.717, 1.165) is 37.8 Å². The Morgan fingerprint density at radius 3 is 2.43 bits per heavy atom. The average Bonchev–Trinajstić information content (AvgIpc) is 2.93. The highest BCUT2D eigenvalue weighted by molar-refractivity contribution is 7.89. The van der Waals surface area contributed by atoms with Crippen molar-refractivity contribution < 1.29 is 22.3 Å². The molecule has 0 saturated heterocycles. The van der Waals surface area contributed by atoms with Gasteiger partial charge in [-0.05, 0) is 25.0 Å². The Morgan fingerprint density at radius 1 is 1.29 bits per heavy atom. The number of nitrogens with zero attached hydrogens (tertiary/aromatic N) is 1. The molecule has 4 nitrogen and oxygen atoms in total. The van der Waals surface area contributed by atoms with Crippen molar-refractivity contribution in [3.8, 4) is 0 Å². The van der Waals surface area contributed by atoms with Crippen molar-refractivity contribution in [1.29, 1.82) is 0 Å². The second kappa shape index (κ2) is 6.37. The molecular weight excluding hydrogens is 300 g/mol. The molecule has 1 fully saturated rings. The Bertz CT molecular complexity index is 613. The van der Waals surface area contributed by atoms with Crippen molar-refractivity contribution in [1.82, 2.24) is 4.31 Å². The Kier molecular flexibility index (Phi) is 4.95. The molecule has 21 heavy (non-hydrogen) atoms. The molecule has 0 unspecified atom stereocenters. The highest BCUT2D eigenvalue weighted by Gasteiger charge is 2.34. The van der Waals surface area contributed by atoms with Crippen molar-refractivity contribution in [3.63, 3.8) is 0 Å². The molecule has 7 heteroatoms. The molecule has 0 atom stereocenters. The van der Waals surface area contributed by atoms with Gasteiger partial charge in [0, 0.05) is 12.6 Å². The third kappa shape index (κ3) is 2.95. The Hall–Kier alpha value is -1.05. The van der Waals surface area contributed by atoms with E-state index in [2.05, 4.69) is 0 Å². The van der Waals surface area contributed by atoms with Gasteiger partial charge in [-0.2, -0.15) is 4.31 Å². The van der Waals surface area contributed by atoms with Gasteiger partial charge < -0.3 is 5.11 Å². The molecular formula is C14H19F2NO3S. The number of aliphatic hydroxyl groups excluding tert-OH is 1. The summed E-state index contributed by atoms with van der Waals surface area (Å²) in [7, 11) is -4.03. The lowest BCUT2D eigenvalue weighted by molar-refractivity contribution is 0.267. The van der Waals surface area contributed by atoms with Crippen LogP contribution in [-0.4, -0.2) is 30.4 Å². The molecule has 1 aliphatic carbocycles. The van der Waals surface area contributed by atoms with Gasteiger partial charge >= 0.3 is 0 Å². The van der Waals surface area contributed by atoms with Gasteiger partial charge in [0.25, 0.3) is 0 Å². The highest BCUT2D eigenvalue weighted by Crippen LogP contribution is 2.30. The largest absolute Gasteiger partial charge is 0.391 e. The lowest BCUT2D eigenvalue weighted by Gasteiger charge is -2.27. The summed E-state index contributed by atoms with van der Waals surface area (Å²) in [6.45, 7) is 1.05. The number of hydrogen-bond acceptors (Lipinski definition) is 3. The summed E-state index contributed by atoms with van der Waals surface area (Å²) >= 11 is 0. The minimum atomic E-state index is -4.03. The van der Waals surface area contributed by atoms with Crippen molar-refractivity contribution in [2.75, 3.05) is 6.54 Å². The average molecular weight is 319 g/mol. The molecule has 2 rings (SSSR count). The summed E-state index contributed by atoms with van der Waals surface area (Å²) < 4.78 is 54.1. The molecule has 118 valence electrons. The maximum Gasteiger partial charge on any atom is 0.246 e. The molecule has 1 aliphatic rings. The Morgan fingerprint density at radius 2 is 1.90 bits per heavy atom. The number of benzene rings is 1. The molecule has 1 aromatic rings. The summed E-state index contributed by atoms with van der Waals surface area (Å²) in [4.78, 5) is -0.568. The predicted molar refractivity (Wildman–Crippen MR) is 74.1 cm³/mol. The lowest BCUT2D eigenvalue weighted by Crippen LogP contribution is -2.39. The first-order valence-electron chi connectivity index (χ1n) is 7.03. The van der Waals surface area contributed by atoms with E-state index in [1.807, 2.05) is 0 Å². The molecule has 1 N–H and O–H groups in total. The monoisotopic (exact) mass is 319 g/mol. The molecule has 0 aliphatic heterocycles. The van der Waals surface area contributed by atoms with E-state index in [0.29, 0.717) is 0 Å². The highest BCUT2D eigenvalue weighted by atomic mass is 32.2. The molecule has 1 aromatic carbocycles. The molecule has 0 amide bonds. The van der Waals surface area contributed by atoms with E-state index in [1.165, 1.54) is 4.31 Å². The second-order valence-electron chi connectivity index (χ2n) is 5.14. The summed E-state index contributed by atoms with van der Waals surface area (Å²) in [6, 6.07) is 1.67. The van der Waals surface area contributed by atoms with Crippen LogP contribution in [0.1, 0.15) is 38.2 Å². The van der Waals surface area contributed by atoms with Gasteiger partial charge in [-0.15, -0.1) is 0 Å². The van der Waals surface area contributed by atoms with E-state index in [-0.39, 0.29) is 12.6 Å². The van der Waals surface area contributed by atoms with Crippen LogP contribution in [0.15, 0.2) is 17.0 Å². The van der Waals surface area contributed by atoms with Crippen molar-refractivity contribution >= 4 is 10.0 Å². The van der Waals surface area contributed by atoms with Gasteiger partial charge in [0.15, 0.2) is 5.82 Å². The van der Waals surface area contributed by atoms with Crippen LogP contribution in [0.5, 0.6) is 0 Å². The Labute approximate surface area is 123 Å². The van der Waals surface area contributed by atoms with Crippen molar-refractivity contribution in [2.24, 2.45) is 0 Å². The molecule has 1 saturated carbocycles. The number of halogens is 2. The van der Waals surface area contributed by atoms with Crippen LogP contribution in [0.3, 0.4) is 0 Å². The van der Waals surface area contributed by atoms with E-state index >= 15 is 0 Å². The maximum atomic E-state index is 14.2. The van der Waals surface area contributed by atoms with Gasteiger partial charge in [0.05, 0.1) is 12.2 Å². The second-order valence-corrected chi connectivity index (χ2v) is 7.00. The molecule has 0 bridgehead atoms. The normalized spacial score (nSPS) is 16.8. The molecule has 0 aromatic heterocycles. The molecule has 0 spiro atoms. The van der Waals surface area contributed by atoms with Crippen LogP contribution in [0, 0.1) is 11.6 Å². The predicted octanol–water partition coefficient (Wildman–Crippen LogP) is 2.41. The fourth-order valence-electron chi connectivity index (χ4n) is 2.86. The van der Waals surface area contributed by atoms with Crippen LogP contribution >= 0.6 is 0 Å². The van der Waals surface area contributed by atoms with Crippen LogP contribution in [0.25, 0.3) is 0 Å². The SMILES string of the molecule is CCN(C1CCCC1)S(=O)(=O)c1ccc(F)c(CO)c1F. The fourth-order valence-corrected chi connectivity index (χ4v) is 4.65. The number of sulfonamides is 1. The lowest BCUT2D eigenvalue weighted by atomic mass is 10.2. The first-order chi connectivity index (χ1) is 9.93. The first-order valence-corrected chi connectivity index (χ1v) is 8.47. The third-order valence-corrected chi connectivity index (χ3v) is 5.98. The van der Waals surface area contributed by atoms with E-state index in [1.54, 1.807) is 6.92 Å². The number of aliphatic hydroxyl groups is 1. The number of rotatable bonds is 5. The zero-order valence-electron chi connectivity index (χ0n) is 11.8. The Balaban J connectivity index is 2.47. The zero-order chi connectivity index (χ0) is 15.6. The van der Waals surface area contributed by atoms with Gasteiger partial charge in [-0.3, -0.25) is 0 Å². The maximum absolute atomic E-state index is 14.2. The van der Waals surface area contributed by atoms with Crippen LogP contribution in [0.2, 0.25) is 0 Å².